The number of H-pyrrole nitrogens is 1. The first-order valence-corrected chi connectivity index (χ1v) is 7.25. The van der Waals surface area contributed by atoms with E-state index in [1.165, 1.54) is 22.5 Å². The van der Waals surface area contributed by atoms with Gasteiger partial charge < -0.3 is 4.90 Å². The first-order valence-electron chi connectivity index (χ1n) is 7.25. The number of rotatable bonds is 3. The van der Waals surface area contributed by atoms with Gasteiger partial charge in [-0.3, -0.25) is 10.00 Å². The summed E-state index contributed by atoms with van der Waals surface area (Å²) in [5, 5.41) is 7.05. The minimum atomic E-state index is 0.973. The molecule has 1 aliphatic rings. The third kappa shape index (κ3) is 2.85. The number of hydrogen-bond acceptors (Lipinski definition) is 3. The second kappa shape index (κ2) is 5.67. The number of anilines is 1. The minimum absolute atomic E-state index is 0.973. The fourth-order valence-corrected chi connectivity index (χ4v) is 2.82. The Morgan fingerprint density at radius 2 is 1.90 bits per heavy atom. The van der Waals surface area contributed by atoms with E-state index in [0.29, 0.717) is 0 Å². The van der Waals surface area contributed by atoms with Gasteiger partial charge in [0.2, 0.25) is 0 Å². The summed E-state index contributed by atoms with van der Waals surface area (Å²) in [5.74, 6) is 0. The Morgan fingerprint density at radius 1 is 1.10 bits per heavy atom. The lowest BCUT2D eigenvalue weighted by Gasteiger charge is -2.36. The monoisotopic (exact) mass is 270 g/mol. The molecule has 3 rings (SSSR count). The molecular weight excluding hydrogens is 248 g/mol. The summed E-state index contributed by atoms with van der Waals surface area (Å²) in [6.45, 7) is 9.74. The zero-order valence-electron chi connectivity index (χ0n) is 12.3. The van der Waals surface area contributed by atoms with Crippen LogP contribution < -0.4 is 4.90 Å². The van der Waals surface area contributed by atoms with Gasteiger partial charge in [0.05, 0.1) is 0 Å². The van der Waals surface area contributed by atoms with Crippen LogP contribution >= 0.6 is 0 Å². The molecule has 1 N–H and O–H groups in total. The van der Waals surface area contributed by atoms with Gasteiger partial charge in [0.1, 0.15) is 0 Å². The van der Waals surface area contributed by atoms with Crippen molar-refractivity contribution in [3.63, 3.8) is 0 Å². The maximum absolute atomic E-state index is 4.01. The van der Waals surface area contributed by atoms with Crippen molar-refractivity contribution in [3.8, 4) is 0 Å². The topological polar surface area (TPSA) is 35.2 Å². The van der Waals surface area contributed by atoms with Crippen LogP contribution in [0.2, 0.25) is 0 Å². The molecule has 20 heavy (non-hydrogen) atoms. The molecule has 0 amide bonds. The second-order valence-corrected chi connectivity index (χ2v) is 5.64. The third-order valence-corrected chi connectivity index (χ3v) is 4.03. The first kappa shape index (κ1) is 13.2. The Balaban J connectivity index is 1.62. The van der Waals surface area contributed by atoms with Crippen LogP contribution in [0.3, 0.4) is 0 Å². The molecule has 4 nitrogen and oxygen atoms in total. The molecule has 0 saturated carbocycles. The quantitative estimate of drug-likeness (QED) is 0.930. The second-order valence-electron chi connectivity index (χ2n) is 5.64. The molecule has 1 saturated heterocycles. The van der Waals surface area contributed by atoms with Gasteiger partial charge in [0.25, 0.3) is 0 Å². The van der Waals surface area contributed by atoms with Crippen LogP contribution in [0.1, 0.15) is 16.8 Å². The maximum atomic E-state index is 4.01. The molecule has 1 aromatic carbocycles. The van der Waals surface area contributed by atoms with Crippen LogP contribution in [-0.2, 0) is 6.54 Å². The third-order valence-electron chi connectivity index (χ3n) is 4.03. The average molecular weight is 270 g/mol. The number of nitrogens with zero attached hydrogens (tertiary/aromatic N) is 3. The molecule has 2 heterocycles. The van der Waals surface area contributed by atoms with E-state index in [2.05, 4.69) is 58.1 Å². The predicted octanol–water partition coefficient (Wildman–Crippen LogP) is 2.35. The molecule has 2 aromatic rings. The Bertz CT molecular complexity index is 554. The Kier molecular flexibility index (Phi) is 3.74. The Labute approximate surface area is 120 Å². The smallest absolute Gasteiger partial charge is 0.0492 e. The van der Waals surface area contributed by atoms with Crippen molar-refractivity contribution in [2.24, 2.45) is 0 Å². The number of aromatic nitrogens is 2. The van der Waals surface area contributed by atoms with E-state index in [1.807, 2.05) is 6.20 Å². The summed E-state index contributed by atoms with van der Waals surface area (Å²) in [6.07, 6.45) is 1.82. The zero-order valence-corrected chi connectivity index (χ0v) is 12.3. The Hall–Kier alpha value is -1.81. The van der Waals surface area contributed by atoms with Gasteiger partial charge in [-0.2, -0.15) is 5.10 Å². The molecule has 1 aromatic heterocycles. The van der Waals surface area contributed by atoms with Crippen molar-refractivity contribution in [1.29, 1.82) is 0 Å². The number of hydrogen-bond donors (Lipinski definition) is 1. The fourth-order valence-electron chi connectivity index (χ4n) is 2.82. The van der Waals surface area contributed by atoms with Crippen LogP contribution in [0.15, 0.2) is 30.5 Å². The van der Waals surface area contributed by atoms with E-state index >= 15 is 0 Å². The summed E-state index contributed by atoms with van der Waals surface area (Å²) in [7, 11) is 0. The van der Waals surface area contributed by atoms with Gasteiger partial charge in [0, 0.05) is 50.3 Å². The molecule has 4 heteroatoms. The van der Waals surface area contributed by atoms with Crippen molar-refractivity contribution in [2.45, 2.75) is 20.4 Å². The van der Waals surface area contributed by atoms with Crippen LogP contribution in [0.4, 0.5) is 5.69 Å². The van der Waals surface area contributed by atoms with Gasteiger partial charge in [-0.05, 0) is 37.1 Å². The van der Waals surface area contributed by atoms with E-state index < -0.39 is 0 Å². The van der Waals surface area contributed by atoms with E-state index in [4.69, 9.17) is 0 Å². The standard InChI is InChI=1S/C16H22N4/c1-13-3-4-14(2)16(11-13)20-9-7-19(8-10-20)12-15-5-6-17-18-15/h3-6,11H,7-10,12H2,1-2H3,(H,17,18). The number of benzene rings is 1. The van der Waals surface area contributed by atoms with Gasteiger partial charge in [-0.25, -0.2) is 0 Å². The van der Waals surface area contributed by atoms with Gasteiger partial charge in [-0.15, -0.1) is 0 Å². The van der Waals surface area contributed by atoms with Crippen LogP contribution in [0, 0.1) is 13.8 Å². The minimum Gasteiger partial charge on any atom is -0.369 e. The van der Waals surface area contributed by atoms with Gasteiger partial charge >= 0.3 is 0 Å². The lowest BCUT2D eigenvalue weighted by molar-refractivity contribution is 0.247. The van der Waals surface area contributed by atoms with Crippen molar-refractivity contribution >= 4 is 5.69 Å². The Morgan fingerprint density at radius 3 is 2.60 bits per heavy atom. The molecule has 0 atom stereocenters. The molecule has 1 aliphatic heterocycles. The summed E-state index contributed by atoms with van der Waals surface area (Å²) in [6, 6.07) is 8.77. The summed E-state index contributed by atoms with van der Waals surface area (Å²) in [5.41, 5.74) is 5.31. The van der Waals surface area contributed by atoms with E-state index in [0.717, 1.165) is 32.7 Å². The average Bonchev–Trinajstić information content (AvgIpc) is 2.95. The SMILES string of the molecule is Cc1ccc(C)c(N2CCN(Cc3ccn[nH]3)CC2)c1. The lowest BCUT2D eigenvalue weighted by atomic mass is 10.1. The molecule has 1 fully saturated rings. The number of aromatic amines is 1. The number of aryl methyl sites for hydroxylation is 2. The molecule has 0 unspecified atom stereocenters. The highest BCUT2D eigenvalue weighted by Gasteiger charge is 2.18. The highest BCUT2D eigenvalue weighted by atomic mass is 15.3. The van der Waals surface area contributed by atoms with Gasteiger partial charge in [0.15, 0.2) is 0 Å². The molecule has 0 radical (unpaired) electrons. The lowest BCUT2D eigenvalue weighted by Crippen LogP contribution is -2.46. The van der Waals surface area contributed by atoms with E-state index in [9.17, 15) is 0 Å². The first-order chi connectivity index (χ1) is 9.72. The van der Waals surface area contributed by atoms with Crippen molar-refractivity contribution < 1.29 is 0 Å². The largest absolute Gasteiger partial charge is 0.369 e. The molecule has 0 aliphatic carbocycles. The molecule has 0 spiro atoms. The van der Waals surface area contributed by atoms with Gasteiger partial charge in [-0.1, -0.05) is 12.1 Å². The van der Waals surface area contributed by atoms with Crippen molar-refractivity contribution in [1.82, 2.24) is 15.1 Å². The summed E-state index contributed by atoms with van der Waals surface area (Å²) < 4.78 is 0. The van der Waals surface area contributed by atoms with Crippen LogP contribution in [0.25, 0.3) is 0 Å². The number of nitrogens with one attached hydrogen (secondary N) is 1. The van der Waals surface area contributed by atoms with Crippen molar-refractivity contribution in [3.05, 3.63) is 47.3 Å². The highest BCUT2D eigenvalue weighted by molar-refractivity contribution is 5.55. The normalized spacial score (nSPS) is 16.6. The maximum Gasteiger partial charge on any atom is 0.0492 e. The highest BCUT2D eigenvalue weighted by Crippen LogP contribution is 2.23. The summed E-state index contributed by atoms with van der Waals surface area (Å²) >= 11 is 0. The summed E-state index contributed by atoms with van der Waals surface area (Å²) in [4.78, 5) is 4.99. The van der Waals surface area contributed by atoms with Crippen molar-refractivity contribution in [2.75, 3.05) is 31.1 Å². The fraction of sp³-hybridized carbons (Fsp3) is 0.438. The molecule has 0 bridgehead atoms. The van der Waals surface area contributed by atoms with E-state index in [-0.39, 0.29) is 0 Å². The predicted molar refractivity (Wildman–Crippen MR) is 82.0 cm³/mol. The van der Waals surface area contributed by atoms with E-state index in [1.54, 1.807) is 0 Å². The van der Waals surface area contributed by atoms with Crippen LogP contribution in [-0.4, -0.2) is 41.3 Å². The zero-order chi connectivity index (χ0) is 13.9. The molecular formula is C16H22N4. The van der Waals surface area contributed by atoms with Crippen LogP contribution in [0.5, 0.6) is 0 Å². The number of piperazine rings is 1. The molecule has 106 valence electrons.